The van der Waals surface area contributed by atoms with E-state index in [1.54, 1.807) is 0 Å². The van der Waals surface area contributed by atoms with E-state index in [0.717, 1.165) is 18.8 Å². The van der Waals surface area contributed by atoms with Gasteiger partial charge < -0.3 is 4.90 Å². The van der Waals surface area contributed by atoms with Gasteiger partial charge in [0.1, 0.15) is 0 Å². The van der Waals surface area contributed by atoms with Crippen LogP contribution in [0.25, 0.3) is 0 Å². The standard InChI is InChI=1S/C14H25F2NO/c1-10(2)12-6-4-11(5-7-12)8-14(18)17(3)9-13(15)16/h10-13H,4-9H2,1-3H3. The number of hydrogen-bond donors (Lipinski definition) is 0. The highest BCUT2D eigenvalue weighted by Gasteiger charge is 2.26. The van der Waals surface area contributed by atoms with Crippen LogP contribution in [-0.4, -0.2) is 30.8 Å². The summed E-state index contributed by atoms with van der Waals surface area (Å²) in [7, 11) is 1.47. The molecule has 1 amide bonds. The smallest absolute Gasteiger partial charge is 0.255 e. The Morgan fingerprint density at radius 3 is 2.22 bits per heavy atom. The van der Waals surface area contributed by atoms with Crippen molar-refractivity contribution in [2.24, 2.45) is 17.8 Å². The van der Waals surface area contributed by atoms with Crippen molar-refractivity contribution < 1.29 is 13.6 Å². The maximum atomic E-state index is 12.2. The first-order valence-electron chi connectivity index (χ1n) is 6.92. The number of hydrogen-bond acceptors (Lipinski definition) is 1. The monoisotopic (exact) mass is 261 g/mol. The zero-order valence-corrected chi connectivity index (χ0v) is 11.7. The summed E-state index contributed by atoms with van der Waals surface area (Å²) in [5.41, 5.74) is 0. The second-order valence-corrected chi connectivity index (χ2v) is 5.89. The minimum Gasteiger partial charge on any atom is -0.340 e. The minimum atomic E-state index is -2.43. The molecule has 18 heavy (non-hydrogen) atoms. The van der Waals surface area contributed by atoms with Gasteiger partial charge in [0.05, 0.1) is 6.54 Å². The third-order valence-electron chi connectivity index (χ3n) is 4.14. The van der Waals surface area contributed by atoms with Crippen molar-refractivity contribution in [1.29, 1.82) is 0 Å². The summed E-state index contributed by atoms with van der Waals surface area (Å²) >= 11 is 0. The average Bonchev–Trinajstić information content (AvgIpc) is 2.28. The highest BCUT2D eigenvalue weighted by molar-refractivity contribution is 5.76. The molecule has 0 spiro atoms. The first kappa shape index (κ1) is 15.4. The Labute approximate surface area is 109 Å². The normalized spacial score (nSPS) is 24.6. The number of nitrogens with zero attached hydrogens (tertiary/aromatic N) is 1. The minimum absolute atomic E-state index is 0.136. The van der Waals surface area contributed by atoms with Gasteiger partial charge in [-0.1, -0.05) is 13.8 Å². The summed E-state index contributed by atoms with van der Waals surface area (Å²) in [6.07, 6.45) is 2.49. The van der Waals surface area contributed by atoms with Crippen LogP contribution in [0, 0.1) is 17.8 Å². The lowest BCUT2D eigenvalue weighted by Gasteiger charge is -2.31. The van der Waals surface area contributed by atoms with Crippen LogP contribution in [-0.2, 0) is 4.79 Å². The summed E-state index contributed by atoms with van der Waals surface area (Å²) in [6, 6.07) is 0. The maximum Gasteiger partial charge on any atom is 0.255 e. The Kier molecular flexibility index (Phi) is 6.03. The Morgan fingerprint density at radius 2 is 1.78 bits per heavy atom. The second-order valence-electron chi connectivity index (χ2n) is 5.89. The van der Waals surface area contributed by atoms with Crippen molar-refractivity contribution in [3.8, 4) is 0 Å². The van der Waals surface area contributed by atoms with Gasteiger partial charge in [-0.15, -0.1) is 0 Å². The molecule has 1 rings (SSSR count). The fourth-order valence-corrected chi connectivity index (χ4v) is 2.77. The third kappa shape index (κ3) is 4.91. The van der Waals surface area contributed by atoms with E-state index in [1.807, 2.05) is 0 Å². The summed E-state index contributed by atoms with van der Waals surface area (Å²) < 4.78 is 24.3. The van der Waals surface area contributed by atoms with Gasteiger partial charge in [-0.25, -0.2) is 8.78 Å². The largest absolute Gasteiger partial charge is 0.340 e. The molecule has 0 aromatic carbocycles. The third-order valence-corrected chi connectivity index (χ3v) is 4.14. The van der Waals surface area contributed by atoms with Crippen molar-refractivity contribution in [1.82, 2.24) is 4.90 Å². The van der Waals surface area contributed by atoms with Crippen LogP contribution >= 0.6 is 0 Å². The highest BCUT2D eigenvalue weighted by Crippen LogP contribution is 2.34. The number of amides is 1. The van der Waals surface area contributed by atoms with E-state index >= 15 is 0 Å². The van der Waals surface area contributed by atoms with Gasteiger partial charge in [0.25, 0.3) is 6.43 Å². The molecular formula is C14H25F2NO. The van der Waals surface area contributed by atoms with Gasteiger partial charge in [0, 0.05) is 13.5 Å². The average molecular weight is 261 g/mol. The quantitative estimate of drug-likeness (QED) is 0.741. The fraction of sp³-hybridized carbons (Fsp3) is 0.929. The van der Waals surface area contributed by atoms with Gasteiger partial charge in [0.2, 0.25) is 5.91 Å². The lowest BCUT2D eigenvalue weighted by molar-refractivity contribution is -0.133. The second kappa shape index (κ2) is 7.05. The van der Waals surface area contributed by atoms with Crippen LogP contribution < -0.4 is 0 Å². The van der Waals surface area contributed by atoms with Crippen molar-refractivity contribution in [2.75, 3.05) is 13.6 Å². The molecule has 1 saturated carbocycles. The fourth-order valence-electron chi connectivity index (χ4n) is 2.77. The zero-order chi connectivity index (χ0) is 13.7. The van der Waals surface area contributed by atoms with E-state index in [0.29, 0.717) is 18.3 Å². The lowest BCUT2D eigenvalue weighted by Crippen LogP contribution is -2.33. The molecule has 1 fully saturated rings. The maximum absolute atomic E-state index is 12.2. The Balaban J connectivity index is 2.30. The first-order valence-corrected chi connectivity index (χ1v) is 6.92. The molecule has 0 aromatic rings. The van der Waals surface area contributed by atoms with Crippen LogP contribution in [0.1, 0.15) is 46.0 Å². The molecule has 2 nitrogen and oxygen atoms in total. The number of halogens is 2. The highest BCUT2D eigenvalue weighted by atomic mass is 19.3. The molecule has 0 saturated heterocycles. The SMILES string of the molecule is CC(C)C1CCC(CC(=O)N(C)CC(F)F)CC1. The Morgan fingerprint density at radius 1 is 1.22 bits per heavy atom. The summed E-state index contributed by atoms with van der Waals surface area (Å²) in [5, 5.41) is 0. The summed E-state index contributed by atoms with van der Waals surface area (Å²) in [6.45, 7) is 4.04. The van der Waals surface area contributed by atoms with Crippen LogP contribution in [0.15, 0.2) is 0 Å². The van der Waals surface area contributed by atoms with E-state index < -0.39 is 13.0 Å². The Hall–Kier alpha value is -0.670. The van der Waals surface area contributed by atoms with Crippen LogP contribution in [0.3, 0.4) is 0 Å². The van der Waals surface area contributed by atoms with Gasteiger partial charge in [-0.05, 0) is 43.4 Å². The molecule has 0 unspecified atom stereocenters. The summed E-state index contributed by atoms with van der Waals surface area (Å²) in [5.74, 6) is 1.74. The van der Waals surface area contributed by atoms with Crippen molar-refractivity contribution >= 4 is 5.91 Å². The number of alkyl halides is 2. The van der Waals surface area contributed by atoms with Crippen LogP contribution in [0.5, 0.6) is 0 Å². The first-order chi connectivity index (χ1) is 8.40. The molecule has 4 heteroatoms. The van der Waals surface area contributed by atoms with Crippen molar-refractivity contribution in [3.63, 3.8) is 0 Å². The van der Waals surface area contributed by atoms with Gasteiger partial charge >= 0.3 is 0 Å². The molecule has 0 atom stereocenters. The number of carbonyl (C=O) groups is 1. The molecule has 0 aliphatic heterocycles. The molecule has 106 valence electrons. The van der Waals surface area contributed by atoms with Gasteiger partial charge in [-0.3, -0.25) is 4.79 Å². The van der Waals surface area contributed by atoms with Gasteiger partial charge in [0.15, 0.2) is 0 Å². The van der Waals surface area contributed by atoms with Crippen LogP contribution in [0.4, 0.5) is 8.78 Å². The molecule has 0 radical (unpaired) electrons. The number of carbonyl (C=O) groups excluding carboxylic acids is 1. The van der Waals surface area contributed by atoms with Gasteiger partial charge in [-0.2, -0.15) is 0 Å². The number of rotatable bonds is 5. The Bertz CT molecular complexity index is 261. The molecule has 0 aromatic heterocycles. The molecule has 0 N–H and O–H groups in total. The lowest BCUT2D eigenvalue weighted by atomic mass is 9.76. The predicted molar refractivity (Wildman–Crippen MR) is 68.5 cm³/mol. The van der Waals surface area contributed by atoms with Crippen LogP contribution in [0.2, 0.25) is 0 Å². The molecule has 1 aliphatic rings. The van der Waals surface area contributed by atoms with E-state index in [1.165, 1.54) is 24.8 Å². The van der Waals surface area contributed by atoms with Crippen molar-refractivity contribution in [3.05, 3.63) is 0 Å². The summed E-state index contributed by atoms with van der Waals surface area (Å²) in [4.78, 5) is 12.9. The van der Waals surface area contributed by atoms with E-state index in [-0.39, 0.29) is 5.91 Å². The van der Waals surface area contributed by atoms with Crippen molar-refractivity contribution in [2.45, 2.75) is 52.4 Å². The molecular weight excluding hydrogens is 236 g/mol. The molecule has 0 bridgehead atoms. The van der Waals surface area contributed by atoms with E-state index in [2.05, 4.69) is 13.8 Å². The topological polar surface area (TPSA) is 20.3 Å². The van der Waals surface area contributed by atoms with E-state index in [9.17, 15) is 13.6 Å². The molecule has 1 aliphatic carbocycles. The van der Waals surface area contributed by atoms with E-state index in [4.69, 9.17) is 0 Å². The predicted octanol–water partition coefficient (Wildman–Crippen LogP) is 3.56. The molecule has 0 heterocycles. The zero-order valence-electron chi connectivity index (χ0n) is 11.7.